The average Bonchev–Trinajstić information content (AvgIpc) is 3.12. The van der Waals surface area contributed by atoms with E-state index in [-0.39, 0.29) is 23.5 Å². The second-order valence-corrected chi connectivity index (χ2v) is 7.10. The van der Waals surface area contributed by atoms with E-state index in [9.17, 15) is 14.4 Å². The molecule has 27 heavy (non-hydrogen) atoms. The molecule has 1 saturated heterocycles. The molecule has 0 unspecified atom stereocenters. The van der Waals surface area contributed by atoms with Crippen LogP contribution < -0.4 is 16.1 Å². The van der Waals surface area contributed by atoms with Crippen molar-refractivity contribution in [2.45, 2.75) is 13.5 Å². The number of nitrogens with one attached hydrogen (secondary N) is 1. The summed E-state index contributed by atoms with van der Waals surface area (Å²) < 4.78 is 5.20. The van der Waals surface area contributed by atoms with Gasteiger partial charge in [0.25, 0.3) is 11.5 Å². The minimum Gasteiger partial charge on any atom is -0.368 e. The van der Waals surface area contributed by atoms with E-state index < -0.39 is 11.2 Å². The molecule has 4 rings (SSSR count). The average molecular weight is 385 g/mol. The zero-order valence-corrected chi connectivity index (χ0v) is 15.7. The Hall–Kier alpha value is -2.94. The van der Waals surface area contributed by atoms with Crippen LogP contribution in [0.4, 0.5) is 5.69 Å². The molecule has 0 atom stereocenters. The van der Waals surface area contributed by atoms with Gasteiger partial charge in [0.05, 0.1) is 5.52 Å². The van der Waals surface area contributed by atoms with Gasteiger partial charge in [-0.25, -0.2) is 4.79 Å². The van der Waals surface area contributed by atoms with Crippen LogP contribution in [0.3, 0.4) is 0 Å². The van der Waals surface area contributed by atoms with Gasteiger partial charge in [-0.3, -0.25) is 14.2 Å². The van der Waals surface area contributed by atoms with Crippen LogP contribution in [0.5, 0.6) is 0 Å². The van der Waals surface area contributed by atoms with Crippen molar-refractivity contribution in [3.8, 4) is 0 Å². The number of aromatic nitrogens is 3. The summed E-state index contributed by atoms with van der Waals surface area (Å²) in [6.45, 7) is 4.57. The Morgan fingerprint density at radius 3 is 2.52 bits per heavy atom. The van der Waals surface area contributed by atoms with Gasteiger partial charge >= 0.3 is 5.69 Å². The lowest BCUT2D eigenvalue weighted by Crippen LogP contribution is -2.48. The Balaban J connectivity index is 1.58. The summed E-state index contributed by atoms with van der Waals surface area (Å²) in [5.74, 6) is -0.195. The molecule has 0 saturated carbocycles. The van der Waals surface area contributed by atoms with Gasteiger partial charge in [-0.2, -0.15) is 4.37 Å². The standard InChI is InChI=1S/C18H19N5O3S/c1-2-23-16(24)14-13(19-18(23)26)15(27-20-14)17(25)22-10-8-21(9-11-22)12-6-4-3-5-7-12/h3-7H,2,8-11H2,1H3,(H,19,26). The lowest BCUT2D eigenvalue weighted by Gasteiger charge is -2.35. The molecule has 1 aromatic carbocycles. The number of rotatable bonds is 3. The lowest BCUT2D eigenvalue weighted by molar-refractivity contribution is 0.0753. The van der Waals surface area contributed by atoms with Crippen molar-refractivity contribution in [3.63, 3.8) is 0 Å². The van der Waals surface area contributed by atoms with Gasteiger partial charge < -0.3 is 14.8 Å². The summed E-state index contributed by atoms with van der Waals surface area (Å²) in [6.07, 6.45) is 0. The van der Waals surface area contributed by atoms with E-state index in [2.05, 4.69) is 26.4 Å². The highest BCUT2D eigenvalue weighted by Crippen LogP contribution is 2.21. The maximum Gasteiger partial charge on any atom is 0.328 e. The van der Waals surface area contributed by atoms with Gasteiger partial charge in [-0.1, -0.05) is 18.2 Å². The highest BCUT2D eigenvalue weighted by atomic mass is 32.1. The molecule has 1 aliphatic heterocycles. The Bertz CT molecular complexity index is 1090. The molecular formula is C18H19N5O3S. The van der Waals surface area contributed by atoms with Crippen LogP contribution in [0.25, 0.3) is 11.0 Å². The maximum atomic E-state index is 12.9. The number of carbonyl (C=O) groups is 1. The number of anilines is 1. The second kappa shape index (κ2) is 6.99. The van der Waals surface area contributed by atoms with E-state index in [1.807, 2.05) is 18.2 Å². The van der Waals surface area contributed by atoms with Crippen molar-refractivity contribution in [2.24, 2.45) is 0 Å². The number of hydrogen-bond acceptors (Lipinski definition) is 6. The molecule has 0 spiro atoms. The molecule has 0 bridgehead atoms. The van der Waals surface area contributed by atoms with Crippen LogP contribution in [0.15, 0.2) is 39.9 Å². The van der Waals surface area contributed by atoms with Crippen molar-refractivity contribution >= 4 is 34.2 Å². The van der Waals surface area contributed by atoms with Gasteiger partial charge in [-0.05, 0) is 30.6 Å². The SMILES string of the molecule is CCn1c(=O)[nH]c2c(C(=O)N3CCN(c4ccccc4)CC3)snc2c1=O. The third-order valence-electron chi connectivity index (χ3n) is 4.82. The number of benzene rings is 1. The van der Waals surface area contributed by atoms with Gasteiger partial charge in [0.1, 0.15) is 4.88 Å². The topological polar surface area (TPSA) is 91.3 Å². The Kier molecular flexibility index (Phi) is 4.53. The minimum absolute atomic E-state index is 0.146. The Labute approximate surface area is 158 Å². The first-order valence-electron chi connectivity index (χ1n) is 8.82. The van der Waals surface area contributed by atoms with Crippen molar-refractivity contribution in [1.29, 1.82) is 0 Å². The summed E-state index contributed by atoms with van der Waals surface area (Å²) in [4.78, 5) is 44.3. The monoisotopic (exact) mass is 385 g/mol. The van der Waals surface area contributed by atoms with E-state index in [0.717, 1.165) is 34.9 Å². The van der Waals surface area contributed by atoms with Gasteiger partial charge in [0, 0.05) is 38.4 Å². The zero-order valence-electron chi connectivity index (χ0n) is 14.8. The summed E-state index contributed by atoms with van der Waals surface area (Å²) in [7, 11) is 0. The van der Waals surface area contributed by atoms with Gasteiger partial charge in [0.2, 0.25) is 0 Å². The van der Waals surface area contributed by atoms with Crippen LogP contribution in [0.1, 0.15) is 16.6 Å². The molecule has 1 N–H and O–H groups in total. The number of nitrogens with zero attached hydrogens (tertiary/aromatic N) is 4. The molecule has 8 nitrogen and oxygen atoms in total. The number of carbonyl (C=O) groups excluding carboxylic acids is 1. The van der Waals surface area contributed by atoms with E-state index in [1.54, 1.807) is 11.8 Å². The second-order valence-electron chi connectivity index (χ2n) is 6.33. The summed E-state index contributed by atoms with van der Waals surface area (Å²) >= 11 is 0.966. The van der Waals surface area contributed by atoms with Crippen LogP contribution in [0, 0.1) is 0 Å². The van der Waals surface area contributed by atoms with Gasteiger partial charge in [-0.15, -0.1) is 0 Å². The fourth-order valence-electron chi connectivity index (χ4n) is 3.33. The third-order valence-corrected chi connectivity index (χ3v) is 5.65. The van der Waals surface area contributed by atoms with E-state index in [4.69, 9.17) is 0 Å². The Morgan fingerprint density at radius 1 is 1.15 bits per heavy atom. The molecule has 1 fully saturated rings. The van der Waals surface area contributed by atoms with E-state index in [1.165, 1.54) is 0 Å². The largest absolute Gasteiger partial charge is 0.368 e. The zero-order chi connectivity index (χ0) is 19.0. The predicted molar refractivity (Wildman–Crippen MR) is 105 cm³/mol. The van der Waals surface area contributed by atoms with Crippen molar-refractivity contribution in [3.05, 3.63) is 56.0 Å². The fourth-order valence-corrected chi connectivity index (χ4v) is 4.13. The van der Waals surface area contributed by atoms with Crippen LogP contribution >= 0.6 is 11.5 Å². The quantitative estimate of drug-likeness (QED) is 0.730. The lowest BCUT2D eigenvalue weighted by atomic mass is 10.2. The normalized spacial score (nSPS) is 14.7. The van der Waals surface area contributed by atoms with Crippen molar-refractivity contribution in [2.75, 3.05) is 31.1 Å². The number of hydrogen-bond donors (Lipinski definition) is 1. The molecule has 1 amide bonds. The number of amides is 1. The molecule has 0 radical (unpaired) electrons. The first-order chi connectivity index (χ1) is 13.1. The highest BCUT2D eigenvalue weighted by molar-refractivity contribution is 7.09. The molecule has 2 aromatic heterocycles. The molecular weight excluding hydrogens is 366 g/mol. The summed E-state index contributed by atoms with van der Waals surface area (Å²) in [5.41, 5.74) is 0.554. The highest BCUT2D eigenvalue weighted by Gasteiger charge is 2.26. The van der Waals surface area contributed by atoms with Crippen molar-refractivity contribution < 1.29 is 4.79 Å². The predicted octanol–water partition coefficient (Wildman–Crippen LogP) is 1.13. The molecule has 140 valence electrons. The molecule has 9 heteroatoms. The van der Waals surface area contributed by atoms with Crippen LogP contribution in [0.2, 0.25) is 0 Å². The molecule has 0 aliphatic carbocycles. The van der Waals surface area contributed by atoms with Crippen molar-refractivity contribution in [1.82, 2.24) is 18.8 Å². The van der Waals surface area contributed by atoms with E-state index >= 15 is 0 Å². The first-order valence-corrected chi connectivity index (χ1v) is 9.59. The molecule has 3 aromatic rings. The van der Waals surface area contributed by atoms with Crippen LogP contribution in [-0.4, -0.2) is 50.9 Å². The Morgan fingerprint density at radius 2 is 1.85 bits per heavy atom. The number of para-hydroxylation sites is 1. The minimum atomic E-state index is -0.516. The van der Waals surface area contributed by atoms with Crippen LogP contribution in [-0.2, 0) is 6.54 Å². The van der Waals surface area contributed by atoms with E-state index in [0.29, 0.717) is 18.0 Å². The smallest absolute Gasteiger partial charge is 0.328 e. The number of piperazine rings is 1. The third kappa shape index (κ3) is 3.03. The first kappa shape index (κ1) is 17.5. The molecule has 3 heterocycles. The molecule has 1 aliphatic rings. The number of fused-ring (bicyclic) bond motifs is 1. The maximum absolute atomic E-state index is 12.9. The number of H-pyrrole nitrogens is 1. The fraction of sp³-hybridized carbons (Fsp3) is 0.333. The summed E-state index contributed by atoms with van der Waals surface area (Å²) in [5, 5.41) is 0. The van der Waals surface area contributed by atoms with Gasteiger partial charge in [0.15, 0.2) is 5.52 Å². The summed E-state index contributed by atoms with van der Waals surface area (Å²) in [6, 6.07) is 10.1. The number of aromatic amines is 1.